The second kappa shape index (κ2) is 8.51. The Labute approximate surface area is 162 Å². The van der Waals surface area contributed by atoms with E-state index >= 15 is 0 Å². The molecule has 0 saturated carbocycles. The Bertz CT molecular complexity index is 927. The van der Waals surface area contributed by atoms with Gasteiger partial charge in [-0.2, -0.15) is 0 Å². The van der Waals surface area contributed by atoms with E-state index in [0.29, 0.717) is 16.9 Å². The summed E-state index contributed by atoms with van der Waals surface area (Å²) in [6.07, 6.45) is -1.07. The van der Waals surface area contributed by atoms with Gasteiger partial charge >= 0.3 is 11.9 Å². The minimum Gasteiger partial charge on any atom is -0.465 e. The van der Waals surface area contributed by atoms with E-state index < -0.39 is 23.8 Å². The summed E-state index contributed by atoms with van der Waals surface area (Å²) in [6.45, 7) is 6.12. The van der Waals surface area contributed by atoms with Gasteiger partial charge in [-0.05, 0) is 50.6 Å². The van der Waals surface area contributed by atoms with Gasteiger partial charge in [-0.1, -0.05) is 0 Å². The lowest BCUT2D eigenvalue weighted by Gasteiger charge is -2.12. The predicted octanol–water partition coefficient (Wildman–Crippen LogP) is 2.80. The Morgan fingerprint density at radius 1 is 1.04 bits per heavy atom. The van der Waals surface area contributed by atoms with Gasteiger partial charge in [0.25, 0.3) is 0 Å². The van der Waals surface area contributed by atoms with Gasteiger partial charge in [0.05, 0.1) is 23.9 Å². The monoisotopic (exact) mass is 386 g/mol. The van der Waals surface area contributed by atoms with Crippen molar-refractivity contribution >= 4 is 29.3 Å². The molecule has 0 bridgehead atoms. The first-order valence-corrected chi connectivity index (χ1v) is 8.56. The van der Waals surface area contributed by atoms with Crippen LogP contribution in [0.2, 0.25) is 0 Å². The molecule has 0 aliphatic heterocycles. The number of anilines is 1. The first-order chi connectivity index (χ1) is 13.1. The number of H-pyrrole nitrogens is 1. The number of rotatable bonds is 6. The van der Waals surface area contributed by atoms with Gasteiger partial charge in [0.2, 0.25) is 11.7 Å². The average molecular weight is 386 g/mol. The zero-order chi connectivity index (χ0) is 21.0. The molecule has 1 aromatic heterocycles. The van der Waals surface area contributed by atoms with E-state index in [1.165, 1.54) is 33.1 Å². The standard InChI is InChI=1S/C20H22N2O6/c1-10-16(20(26)27-5)11(2)21-17(10)18(24)12(3)28-19(25)14-6-8-15(9-7-14)22-13(4)23/h6-9,12,21H,1-5H3,(H,22,23). The van der Waals surface area contributed by atoms with Crippen LogP contribution in [-0.4, -0.2) is 41.8 Å². The van der Waals surface area contributed by atoms with Crippen molar-refractivity contribution in [1.82, 2.24) is 4.98 Å². The fourth-order valence-electron chi connectivity index (χ4n) is 2.78. The summed E-state index contributed by atoms with van der Waals surface area (Å²) in [5, 5.41) is 2.59. The zero-order valence-corrected chi connectivity index (χ0v) is 16.3. The number of aromatic nitrogens is 1. The van der Waals surface area contributed by atoms with Crippen molar-refractivity contribution in [2.75, 3.05) is 12.4 Å². The number of benzene rings is 1. The summed E-state index contributed by atoms with van der Waals surface area (Å²) >= 11 is 0. The first kappa shape index (κ1) is 20.9. The number of amides is 1. The van der Waals surface area contributed by atoms with E-state index in [2.05, 4.69) is 10.3 Å². The van der Waals surface area contributed by atoms with E-state index in [0.717, 1.165) is 0 Å². The van der Waals surface area contributed by atoms with Crippen molar-refractivity contribution in [2.45, 2.75) is 33.8 Å². The maximum Gasteiger partial charge on any atom is 0.339 e. The van der Waals surface area contributed by atoms with Crippen LogP contribution < -0.4 is 5.32 Å². The van der Waals surface area contributed by atoms with Crippen LogP contribution in [0, 0.1) is 13.8 Å². The van der Waals surface area contributed by atoms with Gasteiger partial charge in [-0.15, -0.1) is 0 Å². The van der Waals surface area contributed by atoms with Crippen LogP contribution in [0.1, 0.15) is 56.3 Å². The minimum atomic E-state index is -1.07. The molecule has 0 fully saturated rings. The molecule has 8 heteroatoms. The molecule has 148 valence electrons. The summed E-state index contributed by atoms with van der Waals surface area (Å²) in [6, 6.07) is 6.10. The summed E-state index contributed by atoms with van der Waals surface area (Å²) < 4.78 is 9.98. The number of Topliss-reactive ketones (excluding diaryl/α,β-unsaturated/α-hetero) is 1. The van der Waals surface area contributed by atoms with E-state index in [1.54, 1.807) is 26.0 Å². The molecule has 2 aromatic rings. The maximum absolute atomic E-state index is 12.7. The number of carbonyl (C=O) groups is 4. The van der Waals surface area contributed by atoms with Crippen LogP contribution in [0.5, 0.6) is 0 Å². The number of hydrogen-bond donors (Lipinski definition) is 2. The molecule has 2 N–H and O–H groups in total. The Morgan fingerprint density at radius 3 is 2.18 bits per heavy atom. The summed E-state index contributed by atoms with van der Waals surface area (Å²) in [7, 11) is 1.26. The third-order valence-electron chi connectivity index (χ3n) is 4.17. The molecule has 1 heterocycles. The van der Waals surface area contributed by atoms with Crippen molar-refractivity contribution in [3.63, 3.8) is 0 Å². The number of nitrogens with one attached hydrogen (secondary N) is 2. The van der Waals surface area contributed by atoms with Crippen LogP contribution in [0.3, 0.4) is 0 Å². The normalized spacial score (nSPS) is 11.5. The number of ether oxygens (including phenoxy) is 2. The van der Waals surface area contributed by atoms with E-state index in [1.807, 2.05) is 0 Å². The largest absolute Gasteiger partial charge is 0.465 e. The molecule has 1 amide bonds. The van der Waals surface area contributed by atoms with Gasteiger partial charge in [0.15, 0.2) is 6.10 Å². The van der Waals surface area contributed by atoms with Crippen LogP contribution >= 0.6 is 0 Å². The lowest BCUT2D eigenvalue weighted by molar-refractivity contribution is -0.114. The summed E-state index contributed by atoms with van der Waals surface area (Å²) in [5.41, 5.74) is 2.21. The number of aromatic amines is 1. The number of ketones is 1. The highest BCUT2D eigenvalue weighted by Gasteiger charge is 2.27. The third-order valence-corrected chi connectivity index (χ3v) is 4.17. The first-order valence-electron chi connectivity index (χ1n) is 8.56. The average Bonchev–Trinajstić information content (AvgIpc) is 2.94. The Morgan fingerprint density at radius 2 is 1.64 bits per heavy atom. The molecule has 2 rings (SSSR count). The second-order valence-corrected chi connectivity index (χ2v) is 6.29. The number of methoxy groups -OCH3 is 1. The Kier molecular flexibility index (Phi) is 6.35. The summed E-state index contributed by atoms with van der Waals surface area (Å²) in [5.74, 6) is -1.91. The molecule has 8 nitrogen and oxygen atoms in total. The van der Waals surface area contributed by atoms with Gasteiger partial charge < -0.3 is 19.8 Å². The molecular weight excluding hydrogens is 364 g/mol. The van der Waals surface area contributed by atoms with Crippen LogP contribution in [0.15, 0.2) is 24.3 Å². The second-order valence-electron chi connectivity index (χ2n) is 6.29. The van der Waals surface area contributed by atoms with Gasteiger partial charge in [-0.25, -0.2) is 9.59 Å². The molecule has 0 radical (unpaired) electrons. The van der Waals surface area contributed by atoms with Gasteiger partial charge in [0, 0.05) is 18.3 Å². The highest BCUT2D eigenvalue weighted by Crippen LogP contribution is 2.21. The van der Waals surface area contributed by atoms with Crippen LogP contribution in [0.25, 0.3) is 0 Å². The Balaban J connectivity index is 2.13. The van der Waals surface area contributed by atoms with Crippen molar-refractivity contribution in [1.29, 1.82) is 0 Å². The fourth-order valence-corrected chi connectivity index (χ4v) is 2.78. The smallest absolute Gasteiger partial charge is 0.339 e. The van der Waals surface area contributed by atoms with Gasteiger partial charge in [-0.3, -0.25) is 9.59 Å². The molecule has 0 spiro atoms. The molecule has 1 atom stereocenters. The van der Waals surface area contributed by atoms with Gasteiger partial charge in [0.1, 0.15) is 0 Å². The molecular formula is C20H22N2O6. The number of hydrogen-bond acceptors (Lipinski definition) is 6. The Hall–Kier alpha value is -3.42. The molecule has 1 aromatic carbocycles. The topological polar surface area (TPSA) is 115 Å². The van der Waals surface area contributed by atoms with Crippen LogP contribution in [-0.2, 0) is 14.3 Å². The highest BCUT2D eigenvalue weighted by molar-refractivity contribution is 6.04. The zero-order valence-electron chi connectivity index (χ0n) is 16.3. The highest BCUT2D eigenvalue weighted by atomic mass is 16.5. The minimum absolute atomic E-state index is 0.194. The van der Waals surface area contributed by atoms with E-state index in [-0.39, 0.29) is 22.7 Å². The number of esters is 2. The molecule has 0 aliphatic carbocycles. The lowest BCUT2D eigenvalue weighted by Crippen LogP contribution is -2.25. The van der Waals surface area contributed by atoms with Crippen molar-refractivity contribution in [2.24, 2.45) is 0 Å². The lowest BCUT2D eigenvalue weighted by atomic mass is 10.1. The molecule has 28 heavy (non-hydrogen) atoms. The quantitative estimate of drug-likeness (QED) is 0.583. The van der Waals surface area contributed by atoms with E-state index in [9.17, 15) is 19.2 Å². The van der Waals surface area contributed by atoms with E-state index in [4.69, 9.17) is 9.47 Å². The molecule has 1 unspecified atom stereocenters. The fraction of sp³-hybridized carbons (Fsp3) is 0.300. The molecule has 0 saturated heterocycles. The van der Waals surface area contributed by atoms with Crippen molar-refractivity contribution < 1.29 is 28.7 Å². The van der Waals surface area contributed by atoms with Crippen molar-refractivity contribution in [3.8, 4) is 0 Å². The molecule has 0 aliphatic rings. The van der Waals surface area contributed by atoms with Crippen molar-refractivity contribution in [3.05, 3.63) is 52.3 Å². The summed E-state index contributed by atoms with van der Waals surface area (Å²) in [4.78, 5) is 50.7. The number of carbonyl (C=O) groups excluding carboxylic acids is 4. The maximum atomic E-state index is 12.7. The van der Waals surface area contributed by atoms with Crippen LogP contribution in [0.4, 0.5) is 5.69 Å². The predicted molar refractivity (Wildman–Crippen MR) is 102 cm³/mol. The number of aryl methyl sites for hydroxylation is 1. The SMILES string of the molecule is COC(=O)c1c(C)[nH]c(C(=O)C(C)OC(=O)c2ccc(NC(C)=O)cc2)c1C. The third kappa shape index (κ3) is 4.46.